The van der Waals surface area contributed by atoms with Crippen molar-refractivity contribution in [1.29, 1.82) is 5.41 Å². The van der Waals surface area contributed by atoms with Crippen LogP contribution in [0.2, 0.25) is 0 Å². The lowest BCUT2D eigenvalue weighted by molar-refractivity contribution is 0.438. The Hall–Kier alpha value is -2.15. The molecule has 0 radical (unpaired) electrons. The van der Waals surface area contributed by atoms with Crippen LogP contribution in [0.5, 0.6) is 0 Å². The van der Waals surface area contributed by atoms with Gasteiger partial charge in [0.1, 0.15) is 0 Å². The van der Waals surface area contributed by atoms with Crippen LogP contribution in [0, 0.1) is 11.3 Å². The maximum atomic E-state index is 8.86. The fraction of sp³-hybridized carbons (Fsp3) is 0.348. The van der Waals surface area contributed by atoms with E-state index in [9.17, 15) is 0 Å². The Labute approximate surface area is 144 Å². The molecule has 0 aliphatic heterocycles. The highest BCUT2D eigenvalue weighted by Gasteiger charge is 2.28. The van der Waals surface area contributed by atoms with E-state index in [0.29, 0.717) is 11.8 Å². The van der Waals surface area contributed by atoms with E-state index in [0.717, 1.165) is 5.71 Å². The molecule has 2 aromatic carbocycles. The summed E-state index contributed by atoms with van der Waals surface area (Å²) in [5.41, 5.74) is 7.45. The molecule has 0 spiro atoms. The monoisotopic (exact) mass is 315 g/mol. The van der Waals surface area contributed by atoms with Gasteiger partial charge in [-0.2, -0.15) is 0 Å². The molecule has 0 bridgehead atoms. The van der Waals surface area contributed by atoms with Crippen molar-refractivity contribution in [3.8, 4) is 0 Å². The average molecular weight is 315 g/mol. The first-order valence-corrected chi connectivity index (χ1v) is 9.20. The minimum Gasteiger partial charge on any atom is -0.304 e. The van der Waals surface area contributed by atoms with Crippen LogP contribution in [0.4, 0.5) is 0 Å². The SMILES string of the molecule is CC1=Cc2ccccc2C1c1ccccc1C(=N)C1CCCCC1. The van der Waals surface area contributed by atoms with Crippen molar-refractivity contribution in [3.63, 3.8) is 0 Å². The molecule has 1 fully saturated rings. The third-order valence-electron chi connectivity index (χ3n) is 5.72. The molecule has 122 valence electrons. The molecule has 1 unspecified atom stereocenters. The van der Waals surface area contributed by atoms with Crippen LogP contribution in [0.1, 0.15) is 67.2 Å². The number of nitrogens with one attached hydrogen (secondary N) is 1. The summed E-state index contributed by atoms with van der Waals surface area (Å²) in [4.78, 5) is 0. The quantitative estimate of drug-likeness (QED) is 0.654. The summed E-state index contributed by atoms with van der Waals surface area (Å²) in [5, 5.41) is 8.86. The van der Waals surface area contributed by atoms with Crippen LogP contribution >= 0.6 is 0 Å². The maximum Gasteiger partial charge on any atom is 0.0420 e. The molecule has 1 N–H and O–H groups in total. The zero-order chi connectivity index (χ0) is 16.5. The number of hydrogen-bond acceptors (Lipinski definition) is 1. The normalized spacial score (nSPS) is 20.5. The zero-order valence-corrected chi connectivity index (χ0v) is 14.4. The first-order chi connectivity index (χ1) is 11.8. The van der Waals surface area contributed by atoms with Crippen LogP contribution in [0.15, 0.2) is 54.1 Å². The zero-order valence-electron chi connectivity index (χ0n) is 14.4. The van der Waals surface area contributed by atoms with Crippen LogP contribution in [0.3, 0.4) is 0 Å². The molecule has 1 heteroatoms. The van der Waals surface area contributed by atoms with Gasteiger partial charge < -0.3 is 5.41 Å². The molecule has 2 aliphatic carbocycles. The smallest absolute Gasteiger partial charge is 0.0420 e. The highest BCUT2D eigenvalue weighted by atomic mass is 14.5. The van der Waals surface area contributed by atoms with Gasteiger partial charge in [-0.1, -0.05) is 79.4 Å². The van der Waals surface area contributed by atoms with E-state index in [1.807, 2.05) is 0 Å². The second kappa shape index (κ2) is 6.39. The predicted molar refractivity (Wildman–Crippen MR) is 102 cm³/mol. The third-order valence-corrected chi connectivity index (χ3v) is 5.72. The fourth-order valence-corrected chi connectivity index (χ4v) is 4.50. The van der Waals surface area contributed by atoms with Crippen molar-refractivity contribution < 1.29 is 0 Å². The average Bonchev–Trinajstić information content (AvgIpc) is 2.97. The number of hydrogen-bond donors (Lipinski definition) is 1. The minimum absolute atomic E-state index is 0.307. The van der Waals surface area contributed by atoms with Gasteiger partial charge in [0.25, 0.3) is 0 Å². The van der Waals surface area contributed by atoms with E-state index >= 15 is 0 Å². The Balaban J connectivity index is 1.75. The maximum absolute atomic E-state index is 8.86. The number of fused-ring (bicyclic) bond motifs is 1. The largest absolute Gasteiger partial charge is 0.304 e. The Kier molecular flexibility index (Phi) is 4.10. The van der Waals surface area contributed by atoms with E-state index in [2.05, 4.69) is 61.5 Å². The van der Waals surface area contributed by atoms with Gasteiger partial charge in [0.05, 0.1) is 0 Å². The van der Waals surface area contributed by atoms with Crippen molar-refractivity contribution in [2.45, 2.75) is 44.9 Å². The molecule has 1 atom stereocenters. The highest BCUT2D eigenvalue weighted by Crippen LogP contribution is 2.42. The summed E-state index contributed by atoms with van der Waals surface area (Å²) in [6, 6.07) is 17.3. The molecule has 0 saturated heterocycles. The Morgan fingerprint density at radius 3 is 2.33 bits per heavy atom. The Morgan fingerprint density at radius 1 is 0.875 bits per heavy atom. The van der Waals surface area contributed by atoms with Crippen LogP contribution < -0.4 is 0 Å². The molecule has 0 amide bonds. The van der Waals surface area contributed by atoms with E-state index in [-0.39, 0.29) is 0 Å². The first-order valence-electron chi connectivity index (χ1n) is 9.20. The second-order valence-electron chi connectivity index (χ2n) is 7.29. The number of rotatable bonds is 3. The Bertz CT molecular complexity index is 793. The fourth-order valence-electron chi connectivity index (χ4n) is 4.50. The van der Waals surface area contributed by atoms with E-state index in [4.69, 9.17) is 5.41 Å². The summed E-state index contributed by atoms with van der Waals surface area (Å²) in [6.07, 6.45) is 8.57. The van der Waals surface area contributed by atoms with Gasteiger partial charge in [0, 0.05) is 17.5 Å². The molecule has 0 heterocycles. The standard InChI is InChI=1S/C23H25N/c1-16-15-18-11-5-6-12-19(18)22(16)20-13-7-8-14-21(20)23(24)17-9-3-2-4-10-17/h5-8,11-15,17,22,24H,2-4,9-10H2,1H3. The lowest BCUT2D eigenvalue weighted by Crippen LogP contribution is -2.20. The lowest BCUT2D eigenvalue weighted by atomic mass is 9.79. The van der Waals surface area contributed by atoms with Crippen LogP contribution in [0.25, 0.3) is 6.08 Å². The summed E-state index contributed by atoms with van der Waals surface area (Å²) in [6.45, 7) is 2.23. The van der Waals surface area contributed by atoms with Crippen LogP contribution in [-0.2, 0) is 0 Å². The topological polar surface area (TPSA) is 23.9 Å². The van der Waals surface area contributed by atoms with Gasteiger partial charge in [-0.15, -0.1) is 0 Å². The van der Waals surface area contributed by atoms with Crippen molar-refractivity contribution in [2.24, 2.45) is 5.92 Å². The van der Waals surface area contributed by atoms with Crippen molar-refractivity contribution in [1.82, 2.24) is 0 Å². The molecule has 1 nitrogen and oxygen atoms in total. The summed E-state index contributed by atoms with van der Waals surface area (Å²) in [7, 11) is 0. The molecule has 1 saturated carbocycles. The molecular formula is C23H25N. The van der Waals surface area contributed by atoms with Crippen LogP contribution in [-0.4, -0.2) is 5.71 Å². The van der Waals surface area contributed by atoms with Gasteiger partial charge in [-0.05, 0) is 42.0 Å². The number of allylic oxidation sites excluding steroid dienone is 1. The summed E-state index contributed by atoms with van der Waals surface area (Å²) >= 11 is 0. The Morgan fingerprint density at radius 2 is 1.54 bits per heavy atom. The van der Waals surface area contributed by atoms with Crippen molar-refractivity contribution >= 4 is 11.8 Å². The molecule has 2 aliphatic rings. The van der Waals surface area contributed by atoms with Crippen molar-refractivity contribution in [3.05, 3.63) is 76.4 Å². The van der Waals surface area contributed by atoms with E-state index in [1.165, 1.54) is 59.9 Å². The van der Waals surface area contributed by atoms with Gasteiger partial charge in [0.2, 0.25) is 0 Å². The van der Waals surface area contributed by atoms with Gasteiger partial charge in [-0.3, -0.25) is 0 Å². The highest BCUT2D eigenvalue weighted by molar-refractivity contribution is 6.01. The molecule has 0 aromatic heterocycles. The first kappa shape index (κ1) is 15.4. The minimum atomic E-state index is 0.307. The molecule has 24 heavy (non-hydrogen) atoms. The van der Waals surface area contributed by atoms with Gasteiger partial charge >= 0.3 is 0 Å². The third kappa shape index (κ3) is 2.62. The molecule has 2 aromatic rings. The van der Waals surface area contributed by atoms with Gasteiger partial charge in [-0.25, -0.2) is 0 Å². The van der Waals surface area contributed by atoms with E-state index in [1.54, 1.807) is 0 Å². The van der Waals surface area contributed by atoms with E-state index < -0.39 is 0 Å². The molecular weight excluding hydrogens is 290 g/mol. The predicted octanol–water partition coefficient (Wildman–Crippen LogP) is 6.18. The summed E-state index contributed by atoms with van der Waals surface area (Å²) in [5.74, 6) is 0.752. The summed E-state index contributed by atoms with van der Waals surface area (Å²) < 4.78 is 0. The van der Waals surface area contributed by atoms with Crippen molar-refractivity contribution in [2.75, 3.05) is 0 Å². The van der Waals surface area contributed by atoms with Gasteiger partial charge in [0.15, 0.2) is 0 Å². The second-order valence-corrected chi connectivity index (χ2v) is 7.29. The lowest BCUT2D eigenvalue weighted by Gasteiger charge is -2.26. The molecule has 4 rings (SSSR count). The number of benzene rings is 2.